The van der Waals surface area contributed by atoms with Gasteiger partial charge in [0, 0.05) is 24.6 Å². The lowest BCUT2D eigenvalue weighted by Gasteiger charge is -2.18. The van der Waals surface area contributed by atoms with Gasteiger partial charge in [-0.2, -0.15) is 5.26 Å². The van der Waals surface area contributed by atoms with Crippen LogP contribution in [0.1, 0.15) is 59.0 Å². The Balaban J connectivity index is 1.94. The molecule has 0 radical (unpaired) electrons. The summed E-state index contributed by atoms with van der Waals surface area (Å²) >= 11 is 0. The molecule has 33 heavy (non-hydrogen) atoms. The number of hydrogen-bond acceptors (Lipinski definition) is 4. The molecule has 0 fully saturated rings. The van der Waals surface area contributed by atoms with Crippen molar-refractivity contribution in [3.8, 4) is 17.3 Å². The summed E-state index contributed by atoms with van der Waals surface area (Å²) in [6.45, 7) is 1.54. The molecule has 4 rings (SSSR count). The van der Waals surface area contributed by atoms with E-state index in [1.165, 1.54) is 24.9 Å². The maximum atomic E-state index is 15.3. The third kappa shape index (κ3) is 3.86. The van der Waals surface area contributed by atoms with E-state index in [-0.39, 0.29) is 57.5 Å². The zero-order valence-corrected chi connectivity index (χ0v) is 17.7. The van der Waals surface area contributed by atoms with Crippen LogP contribution in [0.4, 0.5) is 22.0 Å². The predicted octanol–water partition coefficient (Wildman–Crippen LogP) is 4.87. The quantitative estimate of drug-likeness (QED) is 0.549. The highest BCUT2D eigenvalue weighted by molar-refractivity contribution is 5.70. The first-order valence-electron chi connectivity index (χ1n) is 10.2. The molecule has 3 aromatic rings. The number of aryl methyl sites for hydroxylation is 1. The van der Waals surface area contributed by atoms with E-state index >= 15 is 4.39 Å². The van der Waals surface area contributed by atoms with Gasteiger partial charge in [-0.05, 0) is 53.3 Å². The molecule has 1 aliphatic carbocycles. The van der Waals surface area contributed by atoms with E-state index < -0.39 is 36.3 Å². The van der Waals surface area contributed by atoms with Crippen molar-refractivity contribution < 1.29 is 27.1 Å². The zero-order valence-electron chi connectivity index (χ0n) is 17.7. The van der Waals surface area contributed by atoms with E-state index in [2.05, 4.69) is 10.3 Å². The molecular formula is C23H19F5N4O. The van der Waals surface area contributed by atoms with Gasteiger partial charge in [-0.15, -0.1) is 5.10 Å². The summed E-state index contributed by atoms with van der Waals surface area (Å²) < 4.78 is 74.3. The van der Waals surface area contributed by atoms with Crippen molar-refractivity contribution >= 4 is 0 Å². The standard InChI is InChI=1S/C23H19F5N4O/c1-3-17(25)15-7-13(24)4-12(9-29)14(15)5-11-6-18(26)21(19-10-32(2)31-30-19)20-16(11)8-23(27,28)22(20)33/h4,6-7,10,17,22,33H,3,5,8H2,1-2H3. The molecule has 1 aliphatic rings. The molecule has 1 N–H and O–H groups in total. The summed E-state index contributed by atoms with van der Waals surface area (Å²) in [4.78, 5) is 0. The van der Waals surface area contributed by atoms with Crippen molar-refractivity contribution in [1.82, 2.24) is 15.0 Å². The second-order valence-corrected chi connectivity index (χ2v) is 8.09. The van der Waals surface area contributed by atoms with Crippen LogP contribution < -0.4 is 0 Å². The van der Waals surface area contributed by atoms with Crippen LogP contribution in [0.25, 0.3) is 11.3 Å². The molecule has 2 atom stereocenters. The third-order valence-electron chi connectivity index (χ3n) is 5.90. The van der Waals surface area contributed by atoms with Gasteiger partial charge < -0.3 is 5.11 Å². The number of rotatable bonds is 5. The summed E-state index contributed by atoms with van der Waals surface area (Å²) in [5.41, 5.74) is -0.755. The van der Waals surface area contributed by atoms with E-state index in [0.29, 0.717) is 0 Å². The van der Waals surface area contributed by atoms with Crippen molar-refractivity contribution in [2.75, 3.05) is 0 Å². The summed E-state index contributed by atoms with van der Waals surface area (Å²) in [6, 6.07) is 4.71. The van der Waals surface area contributed by atoms with Gasteiger partial charge in [-0.25, -0.2) is 22.0 Å². The molecule has 1 heterocycles. The highest BCUT2D eigenvalue weighted by Crippen LogP contribution is 2.49. The van der Waals surface area contributed by atoms with Crippen LogP contribution in [0.5, 0.6) is 0 Å². The van der Waals surface area contributed by atoms with Gasteiger partial charge >= 0.3 is 0 Å². The molecule has 0 bridgehead atoms. The van der Waals surface area contributed by atoms with Crippen molar-refractivity contribution in [1.29, 1.82) is 5.26 Å². The van der Waals surface area contributed by atoms with Crippen molar-refractivity contribution in [3.63, 3.8) is 0 Å². The molecule has 172 valence electrons. The van der Waals surface area contributed by atoms with Crippen LogP contribution in [-0.4, -0.2) is 26.0 Å². The van der Waals surface area contributed by atoms with Gasteiger partial charge in [-0.1, -0.05) is 12.1 Å². The maximum absolute atomic E-state index is 15.3. The fourth-order valence-electron chi connectivity index (χ4n) is 4.34. The average molecular weight is 462 g/mol. The van der Waals surface area contributed by atoms with Crippen LogP contribution in [0.2, 0.25) is 0 Å². The maximum Gasteiger partial charge on any atom is 0.281 e. The fourth-order valence-corrected chi connectivity index (χ4v) is 4.34. The van der Waals surface area contributed by atoms with Gasteiger partial charge in [0.2, 0.25) is 0 Å². The van der Waals surface area contributed by atoms with Gasteiger partial charge in [-0.3, -0.25) is 4.68 Å². The minimum Gasteiger partial charge on any atom is -0.382 e. The lowest BCUT2D eigenvalue weighted by atomic mass is 9.87. The van der Waals surface area contributed by atoms with Crippen LogP contribution in [0, 0.1) is 23.0 Å². The summed E-state index contributed by atoms with van der Waals surface area (Å²) in [5, 5.41) is 27.3. The smallest absolute Gasteiger partial charge is 0.281 e. The normalized spacial score (nSPS) is 17.6. The Morgan fingerprint density at radius 3 is 2.64 bits per heavy atom. The van der Waals surface area contributed by atoms with Crippen molar-refractivity contribution in [2.24, 2.45) is 7.05 Å². The Morgan fingerprint density at radius 1 is 1.30 bits per heavy atom. The Kier molecular flexibility index (Phi) is 5.70. The van der Waals surface area contributed by atoms with Crippen molar-refractivity contribution in [2.45, 2.75) is 44.4 Å². The van der Waals surface area contributed by atoms with E-state index in [1.54, 1.807) is 6.07 Å². The second kappa shape index (κ2) is 8.23. The molecule has 0 spiro atoms. The molecule has 1 aromatic heterocycles. The van der Waals surface area contributed by atoms with Crippen molar-refractivity contribution in [3.05, 3.63) is 69.4 Å². The van der Waals surface area contributed by atoms with Gasteiger partial charge in [0.05, 0.1) is 17.8 Å². The van der Waals surface area contributed by atoms with E-state index in [9.17, 15) is 27.9 Å². The average Bonchev–Trinajstić information content (AvgIpc) is 3.29. The van der Waals surface area contributed by atoms with E-state index in [0.717, 1.165) is 18.2 Å². The van der Waals surface area contributed by atoms with Gasteiger partial charge in [0.25, 0.3) is 5.92 Å². The van der Waals surface area contributed by atoms with Gasteiger partial charge in [0.15, 0.2) is 0 Å². The van der Waals surface area contributed by atoms with E-state index in [1.807, 2.05) is 0 Å². The number of aliphatic hydroxyl groups excluding tert-OH is 1. The Hall–Kier alpha value is -3.32. The van der Waals surface area contributed by atoms with Gasteiger partial charge in [0.1, 0.15) is 29.6 Å². The Bertz CT molecular complexity index is 1280. The number of fused-ring (bicyclic) bond motifs is 1. The number of nitriles is 1. The molecule has 0 aliphatic heterocycles. The molecule has 0 amide bonds. The summed E-state index contributed by atoms with van der Waals surface area (Å²) in [7, 11) is 1.52. The zero-order chi connectivity index (χ0) is 24.1. The number of benzene rings is 2. The molecule has 10 heteroatoms. The first kappa shape index (κ1) is 22.9. The molecule has 0 saturated heterocycles. The highest BCUT2D eigenvalue weighted by Gasteiger charge is 2.50. The molecule has 0 saturated carbocycles. The molecular weight excluding hydrogens is 443 g/mol. The number of nitrogens with zero attached hydrogens (tertiary/aromatic N) is 4. The van der Waals surface area contributed by atoms with Crippen LogP contribution in [0.3, 0.4) is 0 Å². The number of halogens is 5. The van der Waals surface area contributed by atoms with Crippen LogP contribution in [0.15, 0.2) is 24.4 Å². The fraction of sp³-hybridized carbons (Fsp3) is 0.348. The number of aliphatic hydroxyl groups is 1. The monoisotopic (exact) mass is 462 g/mol. The topological polar surface area (TPSA) is 74.7 Å². The Morgan fingerprint density at radius 2 is 2.03 bits per heavy atom. The number of alkyl halides is 3. The lowest BCUT2D eigenvalue weighted by Crippen LogP contribution is -2.21. The first-order valence-corrected chi connectivity index (χ1v) is 10.2. The summed E-state index contributed by atoms with van der Waals surface area (Å²) in [6.07, 6.45) is -3.73. The SMILES string of the molecule is CCC(F)c1cc(F)cc(C#N)c1Cc1cc(F)c(-c2cn(C)nn2)c2c1CC(F)(F)C2O. The lowest BCUT2D eigenvalue weighted by molar-refractivity contribution is -0.0967. The second-order valence-electron chi connectivity index (χ2n) is 8.09. The molecule has 2 aromatic carbocycles. The first-order chi connectivity index (χ1) is 15.6. The van der Waals surface area contributed by atoms with Crippen LogP contribution >= 0.6 is 0 Å². The summed E-state index contributed by atoms with van der Waals surface area (Å²) in [5.74, 6) is -5.30. The molecule has 5 nitrogen and oxygen atoms in total. The third-order valence-corrected chi connectivity index (χ3v) is 5.90. The number of hydrogen-bond donors (Lipinski definition) is 1. The number of aromatic nitrogens is 3. The minimum atomic E-state index is -3.57. The predicted molar refractivity (Wildman–Crippen MR) is 108 cm³/mol. The van der Waals surface area contributed by atoms with E-state index in [4.69, 9.17) is 0 Å². The Labute approximate surface area is 186 Å². The highest BCUT2D eigenvalue weighted by atomic mass is 19.3. The van der Waals surface area contributed by atoms with Crippen LogP contribution in [-0.2, 0) is 19.9 Å². The largest absolute Gasteiger partial charge is 0.382 e. The minimum absolute atomic E-state index is 0.00378. The molecule has 2 unspecified atom stereocenters.